The number of esters is 1. The zero-order chi connectivity index (χ0) is 31.2. The number of carbonyl (C=O) groups is 4. The van der Waals surface area contributed by atoms with E-state index in [0.717, 1.165) is 27.9 Å². The predicted molar refractivity (Wildman–Crippen MR) is 179 cm³/mol. The maximum Gasteiger partial charge on any atom is 0.352 e. The molecule has 0 radical (unpaired) electrons. The standard InChI is InChI=1S/C14H18N4O3S3.C11H17N3O3S.2ClH/c1-17(2)4-3-9-15-16-14(24-9)23-7-8-6-22-11-5-10(19)18(11)12(8)13(20)21;1-11(2,3)9(16)17-4-6(8(12)15)7-5-18-10(13)14-7;;/h11H,3-7H2,1-2H3,(H,20,21);5-6H,4H2,1-3H3,(H2,12,15)(H2,13,14);2*1H/t11-;;;/m0.../s1. The highest BCUT2D eigenvalue weighted by Crippen LogP contribution is 2.41. The number of rotatable bonds is 11. The smallest absolute Gasteiger partial charge is 0.352 e. The Bertz CT molecular complexity index is 1350. The number of hydrogen-bond acceptors (Lipinski definition) is 14. The fourth-order valence-electron chi connectivity index (χ4n) is 3.60. The SMILES string of the molecule is CC(C)(C)C(=O)OCC(C(N)=O)c1csc(N)n1.CN(C)CCc1nnc(SCC2=C(C(=O)O)N3C(=O)C[C@@H]3SC2)s1.Cl.Cl. The predicted octanol–water partition coefficient (Wildman–Crippen LogP) is 3.11. The number of ether oxygens (including phenoxy) is 1. The third-order valence-electron chi connectivity index (χ3n) is 5.96. The van der Waals surface area contributed by atoms with E-state index in [2.05, 4.69) is 20.1 Å². The van der Waals surface area contributed by atoms with Crippen molar-refractivity contribution in [2.45, 2.75) is 49.2 Å². The van der Waals surface area contributed by atoms with Crippen molar-refractivity contribution in [2.75, 3.05) is 44.5 Å². The first-order chi connectivity index (χ1) is 19.7. The number of primary amides is 1. The number of carbonyl (C=O) groups excluding carboxylic acids is 3. The van der Waals surface area contributed by atoms with Gasteiger partial charge in [-0.2, -0.15) is 0 Å². The van der Waals surface area contributed by atoms with Crippen LogP contribution in [-0.4, -0.2) is 98.0 Å². The number of halogens is 2. The van der Waals surface area contributed by atoms with Gasteiger partial charge in [-0.1, -0.05) is 23.1 Å². The molecular formula is C25H37Cl2N7O6S4. The van der Waals surface area contributed by atoms with Crippen molar-refractivity contribution >= 4 is 99.9 Å². The normalized spacial score (nSPS) is 16.5. The Hall–Kier alpha value is -2.15. The number of likely N-dealkylation sites (N-methyl/N-ethyl adjacent to an activating group) is 1. The molecule has 0 aliphatic carbocycles. The minimum Gasteiger partial charge on any atom is -0.477 e. The molecule has 246 valence electrons. The molecule has 19 heteroatoms. The minimum absolute atomic E-state index is 0. The van der Waals surface area contributed by atoms with Gasteiger partial charge in [-0.3, -0.25) is 19.3 Å². The largest absolute Gasteiger partial charge is 0.477 e. The summed E-state index contributed by atoms with van der Waals surface area (Å²) in [4.78, 5) is 53.7. The topological polar surface area (TPSA) is 195 Å². The number of thiazole rings is 1. The summed E-state index contributed by atoms with van der Waals surface area (Å²) < 4.78 is 5.91. The van der Waals surface area contributed by atoms with Crippen LogP contribution < -0.4 is 11.5 Å². The second-order valence-corrected chi connectivity index (χ2v) is 15.0. The van der Waals surface area contributed by atoms with Crippen molar-refractivity contribution in [1.82, 2.24) is 25.0 Å². The van der Waals surface area contributed by atoms with Crippen LogP contribution in [0.1, 0.15) is 43.8 Å². The summed E-state index contributed by atoms with van der Waals surface area (Å²) in [5.41, 5.74) is 11.5. The summed E-state index contributed by atoms with van der Waals surface area (Å²) in [5.74, 6) is -1.70. The molecule has 2 aliphatic heterocycles. The van der Waals surface area contributed by atoms with Crippen molar-refractivity contribution in [3.05, 3.63) is 27.4 Å². The first kappa shape index (κ1) is 39.9. The lowest BCUT2D eigenvalue weighted by molar-refractivity contribution is -0.154. The summed E-state index contributed by atoms with van der Waals surface area (Å²) >= 11 is 5.87. The van der Waals surface area contributed by atoms with E-state index >= 15 is 0 Å². The molecule has 5 N–H and O–H groups in total. The van der Waals surface area contributed by atoms with Crippen molar-refractivity contribution < 1.29 is 29.0 Å². The van der Waals surface area contributed by atoms with Crippen LogP contribution in [0.15, 0.2) is 21.0 Å². The van der Waals surface area contributed by atoms with Gasteiger partial charge in [-0.05, 0) is 40.4 Å². The summed E-state index contributed by atoms with van der Waals surface area (Å²) in [6.45, 7) is 6.00. The summed E-state index contributed by atoms with van der Waals surface area (Å²) in [6, 6.07) is 0. The van der Waals surface area contributed by atoms with Crippen LogP contribution in [0.25, 0.3) is 0 Å². The number of carboxylic acids is 1. The van der Waals surface area contributed by atoms with Crippen LogP contribution in [0.2, 0.25) is 0 Å². The molecule has 2 aromatic heterocycles. The molecule has 0 spiro atoms. The van der Waals surface area contributed by atoms with Gasteiger partial charge in [-0.25, -0.2) is 9.78 Å². The number of anilines is 1. The third-order valence-corrected chi connectivity index (χ3v) is 10.1. The summed E-state index contributed by atoms with van der Waals surface area (Å²) in [5, 5.41) is 20.8. The van der Waals surface area contributed by atoms with E-state index in [1.54, 1.807) is 49.2 Å². The Labute approximate surface area is 284 Å². The number of amides is 2. The fourth-order valence-corrected chi connectivity index (χ4v) is 7.51. The minimum atomic E-state index is -1.02. The monoisotopic (exact) mass is 729 g/mol. The number of nitrogens with two attached hydrogens (primary N) is 2. The highest BCUT2D eigenvalue weighted by Gasteiger charge is 2.45. The van der Waals surface area contributed by atoms with Crippen LogP contribution in [0.4, 0.5) is 5.13 Å². The van der Waals surface area contributed by atoms with E-state index in [1.165, 1.54) is 28.0 Å². The average Bonchev–Trinajstić information content (AvgIpc) is 3.54. The molecule has 0 aromatic carbocycles. The van der Waals surface area contributed by atoms with Crippen LogP contribution in [0.5, 0.6) is 0 Å². The summed E-state index contributed by atoms with van der Waals surface area (Å²) in [6.07, 6.45) is 1.29. The molecule has 2 aliphatic rings. The van der Waals surface area contributed by atoms with Crippen molar-refractivity contribution in [3.63, 3.8) is 0 Å². The number of hydrogen-bond donors (Lipinski definition) is 3. The van der Waals surface area contributed by atoms with Gasteiger partial charge >= 0.3 is 11.9 Å². The Morgan fingerprint density at radius 1 is 1.25 bits per heavy atom. The van der Waals surface area contributed by atoms with E-state index in [-0.39, 0.29) is 48.4 Å². The number of carboxylic acid groups (broad SMARTS) is 1. The summed E-state index contributed by atoms with van der Waals surface area (Å²) in [7, 11) is 4.03. The molecule has 0 bridgehead atoms. The molecule has 4 heterocycles. The molecule has 2 amide bonds. The van der Waals surface area contributed by atoms with Crippen LogP contribution in [0, 0.1) is 5.41 Å². The fraction of sp³-hybridized carbons (Fsp3) is 0.560. The van der Waals surface area contributed by atoms with E-state index < -0.39 is 29.2 Å². The molecule has 13 nitrogen and oxygen atoms in total. The first-order valence-corrected chi connectivity index (χ1v) is 16.6. The van der Waals surface area contributed by atoms with Crippen molar-refractivity contribution in [2.24, 2.45) is 11.1 Å². The third kappa shape index (κ3) is 11.0. The molecule has 4 rings (SSSR count). The van der Waals surface area contributed by atoms with Gasteiger partial charge in [0.15, 0.2) is 9.47 Å². The first-order valence-electron chi connectivity index (χ1n) is 12.8. The van der Waals surface area contributed by atoms with E-state index in [4.69, 9.17) is 16.2 Å². The van der Waals surface area contributed by atoms with Crippen LogP contribution >= 0.6 is 71.0 Å². The zero-order valence-corrected chi connectivity index (χ0v) is 29.7. The van der Waals surface area contributed by atoms with E-state index in [9.17, 15) is 24.3 Å². The van der Waals surface area contributed by atoms with Crippen LogP contribution in [-0.2, 0) is 30.3 Å². The number of fused-ring (bicyclic) bond motifs is 1. The quantitative estimate of drug-likeness (QED) is 0.174. The van der Waals surface area contributed by atoms with Crippen molar-refractivity contribution in [3.8, 4) is 0 Å². The molecular weight excluding hydrogens is 693 g/mol. The van der Waals surface area contributed by atoms with Gasteiger partial charge in [0.2, 0.25) is 11.8 Å². The number of aromatic nitrogens is 3. The maximum absolute atomic E-state index is 11.7. The second kappa shape index (κ2) is 17.5. The molecule has 1 saturated heterocycles. The number of aliphatic carboxylic acids is 1. The second-order valence-electron chi connectivity index (χ2n) is 10.7. The zero-order valence-electron chi connectivity index (χ0n) is 24.8. The molecule has 2 atom stereocenters. The number of thioether (sulfide) groups is 2. The molecule has 1 fully saturated rings. The van der Waals surface area contributed by atoms with Crippen molar-refractivity contribution in [1.29, 1.82) is 0 Å². The number of nitrogen functional groups attached to an aromatic ring is 1. The molecule has 1 unspecified atom stereocenters. The van der Waals surface area contributed by atoms with Gasteiger partial charge in [0.25, 0.3) is 0 Å². The molecule has 44 heavy (non-hydrogen) atoms. The number of nitrogens with zero attached hydrogens (tertiary/aromatic N) is 5. The van der Waals surface area contributed by atoms with Gasteiger partial charge in [0.05, 0.1) is 22.9 Å². The van der Waals surface area contributed by atoms with Crippen LogP contribution in [0.3, 0.4) is 0 Å². The molecule has 0 saturated carbocycles. The highest BCUT2D eigenvalue weighted by atomic mass is 35.5. The van der Waals surface area contributed by atoms with Gasteiger partial charge in [0, 0.05) is 29.9 Å². The maximum atomic E-state index is 11.7. The Morgan fingerprint density at radius 3 is 2.45 bits per heavy atom. The van der Waals surface area contributed by atoms with E-state index in [0.29, 0.717) is 28.8 Å². The Balaban J connectivity index is 0.000000438. The van der Waals surface area contributed by atoms with Gasteiger partial charge < -0.3 is 26.2 Å². The van der Waals surface area contributed by atoms with Gasteiger partial charge in [-0.15, -0.1) is 58.1 Å². The lowest BCUT2D eigenvalue weighted by atomic mass is 9.97. The van der Waals surface area contributed by atoms with E-state index in [1.807, 2.05) is 14.1 Å². The Morgan fingerprint density at radius 2 is 1.93 bits per heavy atom. The highest BCUT2D eigenvalue weighted by molar-refractivity contribution is 8.01. The average molecular weight is 731 g/mol. The molecule has 2 aromatic rings. The number of β-lactam (4-membered cyclic amide) rings is 1. The van der Waals surface area contributed by atoms with Gasteiger partial charge in [0.1, 0.15) is 23.2 Å². The lowest BCUT2D eigenvalue weighted by Gasteiger charge is -2.43. The lowest BCUT2D eigenvalue weighted by Crippen LogP contribution is -2.54. The Kier molecular flexibility index (Phi) is 15.9.